The van der Waals surface area contributed by atoms with Gasteiger partial charge in [0, 0.05) is 31.4 Å². The van der Waals surface area contributed by atoms with Crippen molar-refractivity contribution in [1.82, 2.24) is 9.97 Å². The molecule has 0 radical (unpaired) electrons. The van der Waals surface area contributed by atoms with Crippen LogP contribution in [0, 0.1) is 6.92 Å². The van der Waals surface area contributed by atoms with Crippen molar-refractivity contribution in [2.24, 2.45) is 0 Å². The van der Waals surface area contributed by atoms with Crippen molar-refractivity contribution in [3.63, 3.8) is 0 Å². The number of aryl methyl sites for hydroxylation is 1. The summed E-state index contributed by atoms with van der Waals surface area (Å²) in [6, 6.07) is 12.5. The summed E-state index contributed by atoms with van der Waals surface area (Å²) >= 11 is 0. The molecule has 21 heavy (non-hydrogen) atoms. The maximum atomic E-state index is 4.64. The van der Waals surface area contributed by atoms with Crippen LogP contribution in [0.5, 0.6) is 0 Å². The predicted molar refractivity (Wildman–Crippen MR) is 87.3 cm³/mol. The molecular weight excluding hydrogens is 260 g/mol. The van der Waals surface area contributed by atoms with Crippen LogP contribution in [0.1, 0.15) is 25.6 Å². The third-order valence-corrected chi connectivity index (χ3v) is 3.90. The van der Waals surface area contributed by atoms with Crippen LogP contribution in [0.15, 0.2) is 36.4 Å². The molecule has 0 atom stereocenters. The molecule has 2 aromatic rings. The van der Waals surface area contributed by atoms with Crippen molar-refractivity contribution in [1.29, 1.82) is 0 Å². The molecule has 1 aromatic carbocycles. The van der Waals surface area contributed by atoms with Crippen molar-refractivity contribution in [3.05, 3.63) is 42.2 Å². The fraction of sp³-hybridized carbons (Fsp3) is 0.412. The molecule has 0 spiro atoms. The van der Waals surface area contributed by atoms with E-state index in [4.69, 9.17) is 0 Å². The fourth-order valence-electron chi connectivity index (χ4n) is 2.87. The summed E-state index contributed by atoms with van der Waals surface area (Å²) in [5.74, 6) is 2.88. The second kappa shape index (κ2) is 6.12. The molecule has 3 rings (SSSR count). The summed E-state index contributed by atoms with van der Waals surface area (Å²) in [6.45, 7) is 7.22. The summed E-state index contributed by atoms with van der Waals surface area (Å²) in [6.07, 6.45) is 2.52. The van der Waals surface area contributed by atoms with E-state index in [9.17, 15) is 0 Å². The lowest BCUT2D eigenvalue weighted by Gasteiger charge is -2.24. The Labute approximate surface area is 126 Å². The number of hydrogen-bond donors (Lipinski definition) is 0. The highest BCUT2D eigenvalue weighted by molar-refractivity contribution is 5.62. The van der Waals surface area contributed by atoms with Gasteiger partial charge in [0.1, 0.15) is 17.5 Å². The lowest BCUT2D eigenvalue weighted by molar-refractivity contribution is 0.893. The third kappa shape index (κ3) is 2.99. The molecule has 0 N–H and O–H groups in total. The van der Waals surface area contributed by atoms with Crippen molar-refractivity contribution in [3.8, 4) is 0 Å². The molecule has 0 unspecified atom stereocenters. The van der Waals surface area contributed by atoms with Crippen LogP contribution in [0.3, 0.4) is 0 Å². The number of nitrogens with zero attached hydrogens (tertiary/aromatic N) is 4. The molecule has 0 saturated carbocycles. The van der Waals surface area contributed by atoms with Gasteiger partial charge in [-0.25, -0.2) is 9.97 Å². The Hall–Kier alpha value is -2.10. The van der Waals surface area contributed by atoms with Gasteiger partial charge in [0.15, 0.2) is 0 Å². The minimum atomic E-state index is 0.837. The predicted octanol–water partition coefficient (Wildman–Crippen LogP) is 3.54. The van der Waals surface area contributed by atoms with Crippen LogP contribution >= 0.6 is 0 Å². The van der Waals surface area contributed by atoms with Gasteiger partial charge in [0.05, 0.1) is 0 Å². The van der Waals surface area contributed by atoms with Gasteiger partial charge in [-0.2, -0.15) is 0 Å². The van der Waals surface area contributed by atoms with Gasteiger partial charge in [-0.05, 0) is 38.8 Å². The lowest BCUT2D eigenvalue weighted by atomic mass is 10.3. The molecule has 1 fully saturated rings. The van der Waals surface area contributed by atoms with Gasteiger partial charge in [0.25, 0.3) is 0 Å². The van der Waals surface area contributed by atoms with Crippen LogP contribution in [0.25, 0.3) is 0 Å². The van der Waals surface area contributed by atoms with E-state index in [1.54, 1.807) is 0 Å². The maximum absolute atomic E-state index is 4.64. The number of para-hydroxylation sites is 1. The highest BCUT2D eigenvalue weighted by atomic mass is 15.2. The standard InChI is InChI=1S/C17H22N4/c1-3-21(15-9-5-4-6-10-15)17-13-16(18-14(2)19-17)20-11-7-8-12-20/h4-6,9-10,13H,3,7-8,11-12H2,1-2H3. The largest absolute Gasteiger partial charge is 0.356 e. The summed E-state index contributed by atoms with van der Waals surface area (Å²) < 4.78 is 0. The highest BCUT2D eigenvalue weighted by Gasteiger charge is 2.17. The molecule has 0 amide bonds. The Morgan fingerprint density at radius 3 is 2.48 bits per heavy atom. The van der Waals surface area contributed by atoms with E-state index in [2.05, 4.69) is 57.0 Å². The second-order valence-electron chi connectivity index (χ2n) is 5.41. The first-order valence-corrected chi connectivity index (χ1v) is 7.71. The number of benzene rings is 1. The average Bonchev–Trinajstić information content (AvgIpc) is 3.03. The Kier molecular flexibility index (Phi) is 4.04. The van der Waals surface area contributed by atoms with E-state index in [1.807, 2.05) is 13.0 Å². The second-order valence-corrected chi connectivity index (χ2v) is 5.41. The molecule has 1 saturated heterocycles. The normalized spacial score (nSPS) is 14.5. The van der Waals surface area contributed by atoms with Gasteiger partial charge in [-0.1, -0.05) is 18.2 Å². The minimum absolute atomic E-state index is 0.837. The molecule has 1 aromatic heterocycles. The SMILES string of the molecule is CCN(c1ccccc1)c1cc(N2CCCC2)nc(C)n1. The first kappa shape index (κ1) is 13.9. The number of anilines is 3. The van der Waals surface area contributed by atoms with E-state index in [1.165, 1.54) is 18.5 Å². The van der Waals surface area contributed by atoms with Gasteiger partial charge in [0.2, 0.25) is 0 Å². The summed E-state index contributed by atoms with van der Waals surface area (Å²) in [5, 5.41) is 0. The van der Waals surface area contributed by atoms with Crippen LogP contribution in [0.4, 0.5) is 17.3 Å². The van der Waals surface area contributed by atoms with Crippen molar-refractivity contribution < 1.29 is 0 Å². The molecule has 1 aliphatic heterocycles. The topological polar surface area (TPSA) is 32.3 Å². The first-order valence-electron chi connectivity index (χ1n) is 7.71. The van der Waals surface area contributed by atoms with E-state index in [0.717, 1.165) is 37.1 Å². The van der Waals surface area contributed by atoms with Crippen LogP contribution in [-0.4, -0.2) is 29.6 Å². The molecule has 4 nitrogen and oxygen atoms in total. The zero-order chi connectivity index (χ0) is 14.7. The van der Waals surface area contributed by atoms with E-state index in [-0.39, 0.29) is 0 Å². The Morgan fingerprint density at radius 1 is 1.10 bits per heavy atom. The van der Waals surface area contributed by atoms with Crippen molar-refractivity contribution in [2.45, 2.75) is 26.7 Å². The summed E-state index contributed by atoms with van der Waals surface area (Å²) in [4.78, 5) is 13.8. The van der Waals surface area contributed by atoms with Gasteiger partial charge in [-0.3, -0.25) is 0 Å². The zero-order valence-electron chi connectivity index (χ0n) is 12.8. The highest BCUT2D eigenvalue weighted by Crippen LogP contribution is 2.27. The van der Waals surface area contributed by atoms with Crippen molar-refractivity contribution in [2.75, 3.05) is 29.4 Å². The molecule has 1 aliphatic rings. The van der Waals surface area contributed by atoms with Gasteiger partial charge in [-0.15, -0.1) is 0 Å². The van der Waals surface area contributed by atoms with Crippen LogP contribution < -0.4 is 9.80 Å². The van der Waals surface area contributed by atoms with Crippen LogP contribution in [0.2, 0.25) is 0 Å². The van der Waals surface area contributed by atoms with E-state index < -0.39 is 0 Å². The van der Waals surface area contributed by atoms with E-state index in [0.29, 0.717) is 0 Å². The maximum Gasteiger partial charge on any atom is 0.138 e. The number of aromatic nitrogens is 2. The number of rotatable bonds is 4. The fourth-order valence-corrected chi connectivity index (χ4v) is 2.87. The van der Waals surface area contributed by atoms with Gasteiger partial charge >= 0.3 is 0 Å². The van der Waals surface area contributed by atoms with Crippen LogP contribution in [-0.2, 0) is 0 Å². The van der Waals surface area contributed by atoms with E-state index >= 15 is 0 Å². The molecule has 4 heteroatoms. The van der Waals surface area contributed by atoms with Gasteiger partial charge < -0.3 is 9.80 Å². The zero-order valence-corrected chi connectivity index (χ0v) is 12.8. The monoisotopic (exact) mass is 282 g/mol. The van der Waals surface area contributed by atoms with Crippen molar-refractivity contribution >= 4 is 17.3 Å². The Morgan fingerprint density at radius 2 is 1.81 bits per heavy atom. The molecule has 0 aliphatic carbocycles. The summed E-state index contributed by atoms with van der Waals surface area (Å²) in [7, 11) is 0. The Bertz CT molecular complexity index is 591. The smallest absolute Gasteiger partial charge is 0.138 e. The Balaban J connectivity index is 1.96. The summed E-state index contributed by atoms with van der Waals surface area (Å²) in [5.41, 5.74) is 1.17. The molecule has 0 bridgehead atoms. The number of hydrogen-bond acceptors (Lipinski definition) is 4. The first-order chi connectivity index (χ1) is 10.3. The lowest BCUT2D eigenvalue weighted by Crippen LogP contribution is -2.22. The molecular formula is C17H22N4. The molecule has 2 heterocycles. The molecule has 110 valence electrons. The quantitative estimate of drug-likeness (QED) is 0.858. The average molecular weight is 282 g/mol. The third-order valence-electron chi connectivity index (χ3n) is 3.90. The minimum Gasteiger partial charge on any atom is -0.356 e.